The third kappa shape index (κ3) is 45.9. The van der Waals surface area contributed by atoms with Gasteiger partial charge in [0, 0.05) is 12.8 Å². The molecule has 0 fully saturated rings. The van der Waals surface area contributed by atoms with Gasteiger partial charge in [-0.2, -0.15) is 0 Å². The Bertz CT molecular complexity index is 878. The molecule has 0 bridgehead atoms. The van der Waals surface area contributed by atoms with Crippen LogP contribution >= 0.6 is 0 Å². The number of allylic oxidation sites excluding steroid dienone is 2. The molecule has 59 heavy (non-hydrogen) atoms. The molecule has 6 heteroatoms. The fourth-order valence-corrected chi connectivity index (χ4v) is 8.22. The second-order valence-corrected chi connectivity index (χ2v) is 18.2. The van der Waals surface area contributed by atoms with E-state index < -0.39 is 12.1 Å². The van der Waals surface area contributed by atoms with Crippen molar-refractivity contribution in [3.63, 3.8) is 0 Å². The van der Waals surface area contributed by atoms with Crippen LogP contribution in [-0.4, -0.2) is 47.4 Å². The molecule has 350 valence electrons. The summed E-state index contributed by atoms with van der Waals surface area (Å²) < 4.78 is 5.46. The summed E-state index contributed by atoms with van der Waals surface area (Å²) in [6.45, 7) is 4.92. The van der Waals surface area contributed by atoms with Crippen molar-refractivity contribution in [3.8, 4) is 0 Å². The number of nitrogens with one attached hydrogen (secondary N) is 1. The Morgan fingerprint density at radius 3 is 1.20 bits per heavy atom. The fourth-order valence-electron chi connectivity index (χ4n) is 8.22. The first-order valence-corrected chi connectivity index (χ1v) is 26.4. The van der Waals surface area contributed by atoms with Crippen molar-refractivity contribution < 1.29 is 24.5 Å². The van der Waals surface area contributed by atoms with Gasteiger partial charge in [-0.3, -0.25) is 9.59 Å². The minimum absolute atomic E-state index is 0.00659. The minimum atomic E-state index is -0.671. The largest absolute Gasteiger partial charge is 0.466 e. The first-order valence-electron chi connectivity index (χ1n) is 26.4. The molecule has 2 atom stereocenters. The van der Waals surface area contributed by atoms with Crippen molar-refractivity contribution in [3.05, 3.63) is 12.2 Å². The maximum atomic E-state index is 12.4. The fraction of sp³-hybridized carbons (Fsp3) is 0.925. The molecule has 0 saturated carbocycles. The second-order valence-electron chi connectivity index (χ2n) is 18.2. The lowest BCUT2D eigenvalue weighted by Crippen LogP contribution is -2.45. The molecule has 0 saturated heterocycles. The van der Waals surface area contributed by atoms with E-state index in [2.05, 4.69) is 31.3 Å². The van der Waals surface area contributed by atoms with Crippen molar-refractivity contribution >= 4 is 11.9 Å². The maximum absolute atomic E-state index is 12.4. The number of ether oxygens (including phenoxy) is 1. The number of aliphatic hydroxyl groups excluding tert-OH is 2. The summed E-state index contributed by atoms with van der Waals surface area (Å²) in [5.41, 5.74) is 0. The van der Waals surface area contributed by atoms with Crippen LogP contribution in [-0.2, 0) is 14.3 Å². The summed E-state index contributed by atoms with van der Waals surface area (Å²) in [5.74, 6) is -0.0572. The van der Waals surface area contributed by atoms with Gasteiger partial charge in [-0.25, -0.2) is 0 Å². The topological polar surface area (TPSA) is 95.9 Å². The quantitative estimate of drug-likeness (QED) is 0.0322. The van der Waals surface area contributed by atoms with Crippen LogP contribution in [0, 0.1) is 0 Å². The highest BCUT2D eigenvalue weighted by Crippen LogP contribution is 2.16. The first-order chi connectivity index (χ1) is 29.0. The van der Waals surface area contributed by atoms with E-state index in [9.17, 15) is 19.8 Å². The molecule has 3 N–H and O–H groups in total. The van der Waals surface area contributed by atoms with E-state index >= 15 is 0 Å². The SMILES string of the molecule is CCCCCCCCCCCCCCCCCCC(=O)OCCCCCC/C=C\CCCCCCCCCC(=O)NC(CO)C(O)CCCCCCCCCCCCC. The molecule has 0 radical (unpaired) electrons. The summed E-state index contributed by atoms with van der Waals surface area (Å²) in [4.78, 5) is 24.4. The minimum Gasteiger partial charge on any atom is -0.466 e. The Hall–Kier alpha value is -1.40. The highest BCUT2D eigenvalue weighted by molar-refractivity contribution is 5.76. The van der Waals surface area contributed by atoms with Crippen molar-refractivity contribution in [2.45, 2.75) is 302 Å². The molecule has 0 rings (SSSR count). The number of hydrogen-bond acceptors (Lipinski definition) is 5. The van der Waals surface area contributed by atoms with Crippen LogP contribution in [0.2, 0.25) is 0 Å². The molecular formula is C53H103NO5. The molecule has 0 aromatic heterocycles. The Morgan fingerprint density at radius 2 is 0.797 bits per heavy atom. The van der Waals surface area contributed by atoms with Crippen LogP contribution < -0.4 is 5.32 Å². The van der Waals surface area contributed by atoms with Crippen molar-refractivity contribution in [2.24, 2.45) is 0 Å². The normalized spacial score (nSPS) is 12.7. The monoisotopic (exact) mass is 834 g/mol. The first kappa shape index (κ1) is 57.6. The van der Waals surface area contributed by atoms with Gasteiger partial charge in [-0.15, -0.1) is 0 Å². The number of unbranched alkanes of at least 4 members (excludes halogenated alkanes) is 36. The zero-order chi connectivity index (χ0) is 43.0. The molecule has 6 nitrogen and oxygen atoms in total. The van der Waals surface area contributed by atoms with Crippen LogP contribution in [0.1, 0.15) is 290 Å². The Balaban J connectivity index is 3.44. The van der Waals surface area contributed by atoms with Gasteiger partial charge in [0.05, 0.1) is 25.4 Å². The third-order valence-corrected chi connectivity index (χ3v) is 12.3. The lowest BCUT2D eigenvalue weighted by atomic mass is 10.0. The summed E-state index contributed by atoms with van der Waals surface area (Å²) in [5, 5.41) is 23.1. The summed E-state index contributed by atoms with van der Waals surface area (Å²) in [7, 11) is 0. The van der Waals surface area contributed by atoms with Gasteiger partial charge in [0.25, 0.3) is 0 Å². The highest BCUT2D eigenvalue weighted by atomic mass is 16.5. The molecule has 0 aliphatic heterocycles. The number of rotatable bonds is 49. The number of esters is 1. The van der Waals surface area contributed by atoms with E-state index in [1.807, 2.05) is 0 Å². The van der Waals surface area contributed by atoms with Crippen LogP contribution in [0.5, 0.6) is 0 Å². The number of aliphatic hydroxyl groups is 2. The highest BCUT2D eigenvalue weighted by Gasteiger charge is 2.20. The summed E-state index contributed by atoms with van der Waals surface area (Å²) >= 11 is 0. The number of hydrogen-bond donors (Lipinski definition) is 3. The number of carbonyl (C=O) groups is 2. The van der Waals surface area contributed by atoms with Crippen molar-refractivity contribution in [1.29, 1.82) is 0 Å². The van der Waals surface area contributed by atoms with Gasteiger partial charge in [0.1, 0.15) is 0 Å². The van der Waals surface area contributed by atoms with E-state index in [-0.39, 0.29) is 18.5 Å². The Labute approximate surface area is 368 Å². The molecule has 0 aliphatic carbocycles. The zero-order valence-corrected chi connectivity index (χ0v) is 39.7. The van der Waals surface area contributed by atoms with Gasteiger partial charge in [0.2, 0.25) is 5.91 Å². The van der Waals surface area contributed by atoms with Gasteiger partial charge >= 0.3 is 5.97 Å². The average Bonchev–Trinajstić information content (AvgIpc) is 3.24. The van der Waals surface area contributed by atoms with Gasteiger partial charge < -0.3 is 20.3 Å². The average molecular weight is 834 g/mol. The molecule has 2 unspecified atom stereocenters. The maximum Gasteiger partial charge on any atom is 0.305 e. The zero-order valence-electron chi connectivity index (χ0n) is 39.7. The Morgan fingerprint density at radius 1 is 0.458 bits per heavy atom. The van der Waals surface area contributed by atoms with Crippen molar-refractivity contribution in [1.82, 2.24) is 5.32 Å². The lowest BCUT2D eigenvalue weighted by molar-refractivity contribution is -0.143. The molecule has 0 spiro atoms. The molecule has 1 amide bonds. The smallest absolute Gasteiger partial charge is 0.305 e. The van der Waals surface area contributed by atoms with Gasteiger partial charge in [-0.05, 0) is 51.4 Å². The number of amides is 1. The molecule has 0 aromatic rings. The van der Waals surface area contributed by atoms with Crippen molar-refractivity contribution in [2.75, 3.05) is 13.2 Å². The van der Waals surface area contributed by atoms with E-state index in [1.54, 1.807) is 0 Å². The van der Waals surface area contributed by atoms with Crippen LogP contribution in [0.25, 0.3) is 0 Å². The lowest BCUT2D eigenvalue weighted by Gasteiger charge is -2.22. The summed E-state index contributed by atoms with van der Waals surface area (Å²) in [6.07, 6.45) is 56.2. The summed E-state index contributed by atoms with van der Waals surface area (Å²) in [6, 6.07) is -0.550. The van der Waals surface area contributed by atoms with Crippen LogP contribution in [0.15, 0.2) is 12.2 Å². The predicted molar refractivity (Wildman–Crippen MR) is 255 cm³/mol. The van der Waals surface area contributed by atoms with E-state index in [0.717, 1.165) is 70.6 Å². The van der Waals surface area contributed by atoms with E-state index in [0.29, 0.717) is 25.9 Å². The molecule has 0 heterocycles. The predicted octanol–water partition coefficient (Wildman–Crippen LogP) is 15.7. The third-order valence-electron chi connectivity index (χ3n) is 12.3. The Kier molecular flexibility index (Phi) is 48.1. The van der Waals surface area contributed by atoms with Crippen LogP contribution in [0.3, 0.4) is 0 Å². The van der Waals surface area contributed by atoms with Crippen LogP contribution in [0.4, 0.5) is 0 Å². The van der Waals surface area contributed by atoms with E-state index in [4.69, 9.17) is 4.74 Å². The number of carbonyl (C=O) groups excluding carboxylic acids is 2. The molecule has 0 aliphatic rings. The van der Waals surface area contributed by atoms with Gasteiger partial charge in [-0.1, -0.05) is 238 Å². The molecule has 0 aromatic carbocycles. The standard InChI is InChI=1S/C53H103NO5/c1-3-5-7-9-11-13-15-16-17-20-23-27-31-35-39-43-47-53(58)59-48-44-40-36-32-28-24-21-18-19-22-26-30-34-38-42-46-52(57)54-50(49-55)51(56)45-41-37-33-29-25-14-12-10-8-6-4-2/h21,24,50-51,55-56H,3-20,22-23,25-49H2,1-2H3,(H,54,57)/b24-21-. The second kappa shape index (κ2) is 49.3. The van der Waals surface area contributed by atoms with E-state index in [1.165, 1.54) is 186 Å². The molecular weight excluding hydrogens is 731 g/mol. The van der Waals surface area contributed by atoms with Gasteiger partial charge in [0.15, 0.2) is 0 Å².